The number of halogens is 2. The number of hydrogen-bond acceptors (Lipinski definition) is 4. The van der Waals surface area contributed by atoms with Gasteiger partial charge in [-0.2, -0.15) is 0 Å². The molecule has 1 aliphatic heterocycles. The molecule has 4 aromatic carbocycles. The Morgan fingerprint density at radius 3 is 1.52 bits per heavy atom. The van der Waals surface area contributed by atoms with Crippen molar-refractivity contribution in [2.24, 2.45) is 11.8 Å². The minimum Gasteiger partial charge on any atom is -0.326 e. The molecule has 220 valence electrons. The number of carbonyl (C=O) groups is 4. The van der Waals surface area contributed by atoms with Gasteiger partial charge in [0.15, 0.2) is 0 Å². The lowest BCUT2D eigenvalue weighted by molar-refractivity contribution is -0.146. The van der Waals surface area contributed by atoms with E-state index in [9.17, 15) is 19.2 Å². The third-order valence-electron chi connectivity index (χ3n) is 8.98. The molecule has 0 saturated carbocycles. The van der Waals surface area contributed by atoms with Gasteiger partial charge in [-0.05, 0) is 52.1 Å². The number of rotatable bonds is 6. The number of nitrogens with one attached hydrogen (secondary N) is 2. The van der Waals surface area contributed by atoms with Crippen LogP contribution in [0.4, 0.5) is 11.4 Å². The molecule has 2 bridgehead atoms. The lowest BCUT2D eigenvalue weighted by Crippen LogP contribution is -2.57. The number of benzene rings is 4. The van der Waals surface area contributed by atoms with Gasteiger partial charge in [-0.1, -0.05) is 78.9 Å². The Kier molecular flexibility index (Phi) is 6.64. The van der Waals surface area contributed by atoms with Crippen LogP contribution >= 0.6 is 23.2 Å². The Morgan fingerprint density at radius 1 is 0.682 bits per heavy atom. The van der Waals surface area contributed by atoms with Gasteiger partial charge in [-0.3, -0.25) is 24.1 Å². The summed E-state index contributed by atoms with van der Waals surface area (Å²) in [5.74, 6) is -3.83. The fourth-order valence-corrected chi connectivity index (χ4v) is 8.30. The third-order valence-corrected chi connectivity index (χ3v) is 10.3. The molecule has 9 heteroatoms. The first-order valence-corrected chi connectivity index (χ1v) is 15.1. The third kappa shape index (κ3) is 4.03. The van der Waals surface area contributed by atoms with E-state index in [0.717, 1.165) is 10.5 Å². The first-order chi connectivity index (χ1) is 21.2. The van der Waals surface area contributed by atoms with Gasteiger partial charge in [-0.15, -0.1) is 23.2 Å². The van der Waals surface area contributed by atoms with E-state index in [-0.39, 0.29) is 12.3 Å². The minimum atomic E-state index is -1.34. The standard InChI is InChI=1S/C35H27Cl2N3O4/c1-20(41)38-22-15-17-23(18-16-22)39-31(42)28(19-21-9-3-2-4-10-21)40-32(43)29-30(33(40)44)35(37)25-12-6-5-11-24(25)34(29,36)26-13-7-8-14-27(26)35/h2-18,28-30H,19H2,1H3,(H,38,41)(H,39,42)/t28-,29-,30+,34?,35?/m1/s1. The summed E-state index contributed by atoms with van der Waals surface area (Å²) in [5.41, 5.74) is 4.58. The van der Waals surface area contributed by atoms with Crippen LogP contribution in [0.2, 0.25) is 0 Å². The van der Waals surface area contributed by atoms with Crippen LogP contribution in [0.15, 0.2) is 103 Å². The van der Waals surface area contributed by atoms with E-state index in [2.05, 4.69) is 10.6 Å². The van der Waals surface area contributed by atoms with Crippen LogP contribution in [0, 0.1) is 11.8 Å². The van der Waals surface area contributed by atoms with E-state index in [4.69, 9.17) is 23.2 Å². The van der Waals surface area contributed by atoms with Crippen LogP contribution in [0.3, 0.4) is 0 Å². The topological polar surface area (TPSA) is 95.6 Å². The zero-order chi connectivity index (χ0) is 30.8. The summed E-state index contributed by atoms with van der Waals surface area (Å²) in [6.45, 7) is 1.41. The molecule has 4 aromatic rings. The molecule has 7 nitrogen and oxygen atoms in total. The number of imide groups is 1. The molecule has 44 heavy (non-hydrogen) atoms. The Labute approximate surface area is 264 Å². The van der Waals surface area contributed by atoms with E-state index in [1.165, 1.54) is 6.92 Å². The largest absolute Gasteiger partial charge is 0.326 e. The summed E-state index contributed by atoms with van der Waals surface area (Å²) in [6.07, 6.45) is 0.0953. The van der Waals surface area contributed by atoms with Gasteiger partial charge in [0.1, 0.15) is 15.8 Å². The molecule has 1 heterocycles. The quantitative estimate of drug-likeness (QED) is 0.210. The smallest absolute Gasteiger partial charge is 0.248 e. The second kappa shape index (κ2) is 10.3. The number of amides is 4. The van der Waals surface area contributed by atoms with Gasteiger partial charge >= 0.3 is 0 Å². The zero-order valence-electron chi connectivity index (χ0n) is 23.6. The lowest BCUT2D eigenvalue weighted by Gasteiger charge is -2.54. The Hall–Kier alpha value is -4.46. The van der Waals surface area contributed by atoms with Crippen molar-refractivity contribution in [3.05, 3.63) is 131 Å². The summed E-state index contributed by atoms with van der Waals surface area (Å²) < 4.78 is 0. The van der Waals surface area contributed by atoms with Crippen molar-refractivity contribution in [3.8, 4) is 0 Å². The molecule has 0 unspecified atom stereocenters. The van der Waals surface area contributed by atoms with Gasteiger partial charge in [-0.25, -0.2) is 0 Å². The van der Waals surface area contributed by atoms with Gasteiger partial charge in [0.2, 0.25) is 23.6 Å². The van der Waals surface area contributed by atoms with Crippen molar-refractivity contribution in [2.45, 2.75) is 29.1 Å². The predicted molar refractivity (Wildman–Crippen MR) is 168 cm³/mol. The Balaban J connectivity index is 1.31. The van der Waals surface area contributed by atoms with Gasteiger partial charge in [0.25, 0.3) is 0 Å². The monoisotopic (exact) mass is 623 g/mol. The molecule has 0 radical (unpaired) electrons. The predicted octanol–water partition coefficient (Wildman–Crippen LogP) is 5.79. The molecule has 0 aromatic heterocycles. The summed E-state index contributed by atoms with van der Waals surface area (Å²) >= 11 is 15.2. The van der Waals surface area contributed by atoms with Crippen LogP contribution in [0.1, 0.15) is 34.7 Å². The second-order valence-electron chi connectivity index (χ2n) is 11.5. The Morgan fingerprint density at radius 2 is 1.09 bits per heavy atom. The SMILES string of the molecule is CC(=O)Nc1ccc(NC(=O)[C@@H](Cc2ccccc2)N2C(=O)[C@@H]3[C@H](C2=O)C2(Cl)c4ccccc4C3(Cl)c3ccccc32)cc1. The normalized spacial score (nSPS) is 25.1. The highest BCUT2D eigenvalue weighted by Gasteiger charge is 2.73. The fourth-order valence-electron chi connectivity index (χ4n) is 7.20. The number of likely N-dealkylation sites (tertiary alicyclic amines) is 1. The summed E-state index contributed by atoms with van der Waals surface area (Å²) in [6, 6.07) is 29.5. The van der Waals surface area contributed by atoms with Gasteiger partial charge in [0, 0.05) is 24.7 Å². The minimum absolute atomic E-state index is 0.0953. The fraction of sp³-hybridized carbons (Fsp3) is 0.200. The van der Waals surface area contributed by atoms with Crippen molar-refractivity contribution >= 4 is 58.2 Å². The van der Waals surface area contributed by atoms with Crippen molar-refractivity contribution in [1.82, 2.24) is 4.90 Å². The summed E-state index contributed by atoms with van der Waals surface area (Å²) in [7, 11) is 0. The van der Waals surface area contributed by atoms with Gasteiger partial charge < -0.3 is 10.6 Å². The first-order valence-electron chi connectivity index (χ1n) is 14.3. The number of nitrogens with zero attached hydrogens (tertiary/aromatic N) is 1. The second-order valence-corrected chi connectivity index (χ2v) is 12.7. The zero-order valence-corrected chi connectivity index (χ0v) is 25.1. The first kappa shape index (κ1) is 28.3. The number of anilines is 2. The van der Waals surface area contributed by atoms with Crippen molar-refractivity contribution < 1.29 is 19.2 Å². The van der Waals surface area contributed by atoms with Crippen molar-refractivity contribution in [1.29, 1.82) is 0 Å². The summed E-state index contributed by atoms with van der Waals surface area (Å²) in [5, 5.41) is 5.56. The maximum Gasteiger partial charge on any atom is 0.248 e. The number of alkyl halides is 2. The molecule has 3 atom stereocenters. The molecule has 2 N–H and O–H groups in total. The number of hydrogen-bond donors (Lipinski definition) is 2. The van der Waals surface area contributed by atoms with Crippen molar-refractivity contribution in [2.75, 3.05) is 10.6 Å². The highest BCUT2D eigenvalue weighted by molar-refractivity contribution is 6.36. The van der Waals surface area contributed by atoms with E-state index in [1.54, 1.807) is 24.3 Å². The number of carbonyl (C=O) groups excluding carboxylic acids is 4. The Bertz CT molecular complexity index is 1720. The molecule has 4 aliphatic rings. The molecule has 1 saturated heterocycles. The molecule has 4 amide bonds. The summed E-state index contributed by atoms with van der Waals surface area (Å²) in [4.78, 5) is 53.0. The molecule has 1 fully saturated rings. The maximum atomic E-state index is 14.6. The lowest BCUT2D eigenvalue weighted by atomic mass is 9.54. The van der Waals surface area contributed by atoms with Crippen molar-refractivity contribution in [3.63, 3.8) is 0 Å². The molecule has 0 spiro atoms. The van der Waals surface area contributed by atoms with Crippen LogP contribution in [-0.4, -0.2) is 34.6 Å². The van der Waals surface area contributed by atoms with E-state index >= 15 is 0 Å². The maximum absolute atomic E-state index is 14.6. The van der Waals surface area contributed by atoms with E-state index in [1.807, 2.05) is 78.9 Å². The van der Waals surface area contributed by atoms with E-state index in [0.29, 0.717) is 33.6 Å². The molecule has 3 aliphatic carbocycles. The van der Waals surface area contributed by atoms with Crippen LogP contribution in [-0.2, 0) is 35.3 Å². The molecular weight excluding hydrogens is 597 g/mol. The average molecular weight is 625 g/mol. The highest BCUT2D eigenvalue weighted by atomic mass is 35.5. The van der Waals surface area contributed by atoms with Crippen LogP contribution < -0.4 is 10.6 Å². The average Bonchev–Trinajstić information content (AvgIpc) is 3.30. The van der Waals surface area contributed by atoms with Gasteiger partial charge in [0.05, 0.1) is 11.8 Å². The van der Waals surface area contributed by atoms with Crippen LogP contribution in [0.5, 0.6) is 0 Å². The van der Waals surface area contributed by atoms with Crippen LogP contribution in [0.25, 0.3) is 0 Å². The highest BCUT2D eigenvalue weighted by Crippen LogP contribution is 2.69. The molecular formula is C35H27Cl2N3O4. The van der Waals surface area contributed by atoms with E-state index < -0.39 is 45.3 Å². The molecule has 8 rings (SSSR count).